The molecule has 1 saturated heterocycles. The van der Waals surface area contributed by atoms with Gasteiger partial charge in [-0.1, -0.05) is 12.1 Å². The number of halogens is 1. The van der Waals surface area contributed by atoms with E-state index in [1.54, 1.807) is 14.2 Å². The molecule has 2 aromatic carbocycles. The molecule has 0 aliphatic carbocycles. The van der Waals surface area contributed by atoms with Gasteiger partial charge in [0.15, 0.2) is 12.8 Å². The lowest BCUT2D eigenvalue weighted by atomic mass is 9.98. The predicted molar refractivity (Wildman–Crippen MR) is 109 cm³/mol. The van der Waals surface area contributed by atoms with E-state index in [-0.39, 0.29) is 12.6 Å². The van der Waals surface area contributed by atoms with Crippen LogP contribution in [0.2, 0.25) is 0 Å². The number of likely N-dealkylation sites (tertiary alicyclic amines) is 1. The van der Waals surface area contributed by atoms with Crippen LogP contribution in [0.1, 0.15) is 29.0 Å². The second kappa shape index (κ2) is 8.69. The van der Waals surface area contributed by atoms with Crippen LogP contribution in [0.5, 0.6) is 11.5 Å². The minimum absolute atomic E-state index is 0.190. The van der Waals surface area contributed by atoms with Crippen molar-refractivity contribution in [1.29, 1.82) is 0 Å². The number of hydrogen-bond donors (Lipinski definition) is 1. The maximum atomic E-state index is 14.0. The average molecular weight is 399 g/mol. The van der Waals surface area contributed by atoms with E-state index < -0.39 is 0 Å². The molecule has 1 fully saturated rings. The molecule has 0 radical (unpaired) electrons. The van der Waals surface area contributed by atoms with Crippen molar-refractivity contribution in [2.75, 3.05) is 34.0 Å². The molecule has 6 nitrogen and oxygen atoms in total. The van der Waals surface area contributed by atoms with Crippen molar-refractivity contribution >= 4 is 5.96 Å². The van der Waals surface area contributed by atoms with Crippen LogP contribution >= 0.6 is 0 Å². The maximum absolute atomic E-state index is 14.0. The van der Waals surface area contributed by atoms with Crippen LogP contribution in [0.3, 0.4) is 0 Å². The topological polar surface area (TPSA) is 55.3 Å². The first-order valence-electron chi connectivity index (χ1n) is 9.79. The molecule has 0 amide bonds. The van der Waals surface area contributed by atoms with Crippen molar-refractivity contribution < 1.29 is 18.6 Å². The summed E-state index contributed by atoms with van der Waals surface area (Å²) in [6.07, 6.45) is 1.06. The highest BCUT2D eigenvalue weighted by molar-refractivity contribution is 5.80. The zero-order chi connectivity index (χ0) is 20.2. The van der Waals surface area contributed by atoms with Gasteiger partial charge < -0.3 is 24.4 Å². The van der Waals surface area contributed by atoms with E-state index in [0.29, 0.717) is 24.8 Å². The molecule has 1 unspecified atom stereocenters. The van der Waals surface area contributed by atoms with Gasteiger partial charge in [0.05, 0.1) is 13.7 Å². The van der Waals surface area contributed by atoms with Crippen LogP contribution in [0.25, 0.3) is 0 Å². The second-order valence-corrected chi connectivity index (χ2v) is 7.27. The average Bonchev–Trinajstić information content (AvgIpc) is 3.24. The smallest absolute Gasteiger partial charge is 0.193 e. The third-order valence-electron chi connectivity index (χ3n) is 5.48. The number of benzene rings is 2. The summed E-state index contributed by atoms with van der Waals surface area (Å²) in [4.78, 5) is 6.67. The van der Waals surface area contributed by atoms with E-state index in [0.717, 1.165) is 42.3 Å². The van der Waals surface area contributed by atoms with Gasteiger partial charge in [-0.3, -0.25) is 4.99 Å². The Balaban J connectivity index is 1.41. The van der Waals surface area contributed by atoms with Crippen molar-refractivity contribution in [1.82, 2.24) is 10.2 Å². The number of nitrogens with zero attached hydrogens (tertiary/aromatic N) is 2. The molecular formula is C22H26FN3O3. The molecule has 7 heteroatoms. The summed E-state index contributed by atoms with van der Waals surface area (Å²) in [5, 5.41) is 3.36. The lowest BCUT2D eigenvalue weighted by molar-refractivity contribution is -0.0173. The van der Waals surface area contributed by atoms with E-state index in [1.165, 1.54) is 17.7 Å². The largest absolute Gasteiger partial charge is 0.497 e. The van der Waals surface area contributed by atoms with Gasteiger partial charge in [-0.25, -0.2) is 4.39 Å². The molecule has 2 aliphatic rings. The van der Waals surface area contributed by atoms with E-state index in [1.807, 2.05) is 12.1 Å². The Morgan fingerprint density at radius 3 is 2.90 bits per heavy atom. The Kier molecular flexibility index (Phi) is 5.85. The number of methoxy groups -OCH3 is 1. The molecule has 29 heavy (non-hydrogen) atoms. The van der Waals surface area contributed by atoms with Gasteiger partial charge in [-0.2, -0.15) is 0 Å². The van der Waals surface area contributed by atoms with Crippen LogP contribution in [0.15, 0.2) is 41.4 Å². The summed E-state index contributed by atoms with van der Waals surface area (Å²) < 4.78 is 30.1. The quantitative estimate of drug-likeness (QED) is 0.632. The van der Waals surface area contributed by atoms with Crippen molar-refractivity contribution in [3.63, 3.8) is 0 Å². The minimum Gasteiger partial charge on any atom is -0.497 e. The number of rotatable bonds is 4. The molecule has 0 spiro atoms. The third kappa shape index (κ3) is 4.29. The number of ether oxygens (including phenoxy) is 3. The lowest BCUT2D eigenvalue weighted by Crippen LogP contribution is -2.39. The molecule has 0 saturated carbocycles. The first kappa shape index (κ1) is 19.5. The minimum atomic E-state index is -0.287. The van der Waals surface area contributed by atoms with Crippen molar-refractivity contribution in [2.45, 2.75) is 25.5 Å². The van der Waals surface area contributed by atoms with Crippen LogP contribution in [0.4, 0.5) is 4.39 Å². The summed E-state index contributed by atoms with van der Waals surface area (Å²) in [5.41, 5.74) is 2.82. The Bertz CT molecular complexity index is 886. The number of hydrogen-bond acceptors (Lipinski definition) is 4. The fraction of sp³-hybridized carbons (Fsp3) is 0.409. The van der Waals surface area contributed by atoms with E-state index in [2.05, 4.69) is 27.3 Å². The number of aliphatic imine (C=N–C) groups is 1. The van der Waals surface area contributed by atoms with Gasteiger partial charge >= 0.3 is 0 Å². The van der Waals surface area contributed by atoms with Crippen LogP contribution < -0.4 is 14.8 Å². The highest BCUT2D eigenvalue weighted by Crippen LogP contribution is 2.30. The predicted octanol–water partition coefficient (Wildman–Crippen LogP) is 3.27. The van der Waals surface area contributed by atoms with Gasteiger partial charge in [0.1, 0.15) is 17.3 Å². The lowest BCUT2D eigenvalue weighted by Gasteiger charge is -2.24. The van der Waals surface area contributed by atoms with Crippen molar-refractivity contribution in [3.8, 4) is 11.5 Å². The fourth-order valence-electron chi connectivity index (χ4n) is 4.00. The highest BCUT2D eigenvalue weighted by atomic mass is 19.1. The Hall–Kier alpha value is -2.80. The Morgan fingerprint density at radius 1 is 1.31 bits per heavy atom. The fourth-order valence-corrected chi connectivity index (χ4v) is 4.00. The van der Waals surface area contributed by atoms with E-state index in [4.69, 9.17) is 14.2 Å². The number of nitrogens with one attached hydrogen (secondary N) is 1. The second-order valence-electron chi connectivity index (χ2n) is 7.27. The molecular weight excluding hydrogens is 373 g/mol. The van der Waals surface area contributed by atoms with E-state index in [9.17, 15) is 4.39 Å². The molecule has 1 N–H and O–H groups in total. The van der Waals surface area contributed by atoms with Gasteiger partial charge in [0.25, 0.3) is 0 Å². The van der Waals surface area contributed by atoms with Gasteiger partial charge in [-0.05, 0) is 36.2 Å². The normalized spacial score (nSPS) is 18.9. The molecule has 0 bridgehead atoms. The zero-order valence-electron chi connectivity index (χ0n) is 16.8. The third-order valence-corrected chi connectivity index (χ3v) is 5.48. The van der Waals surface area contributed by atoms with Crippen LogP contribution in [-0.4, -0.2) is 44.9 Å². The molecule has 2 aliphatic heterocycles. The molecule has 2 aromatic rings. The van der Waals surface area contributed by atoms with Crippen LogP contribution in [0, 0.1) is 5.82 Å². The number of fused-ring (bicyclic) bond motifs is 1. The summed E-state index contributed by atoms with van der Waals surface area (Å²) in [7, 11) is 3.45. The van der Waals surface area contributed by atoms with E-state index >= 15 is 0 Å². The SMILES string of the molecule is CN=C(NCc1cc(F)cc2c1OCOC2)N1CCC(c2ccc(OC)cc2)C1. The Labute approximate surface area is 170 Å². The monoisotopic (exact) mass is 399 g/mol. The highest BCUT2D eigenvalue weighted by Gasteiger charge is 2.26. The Morgan fingerprint density at radius 2 is 2.14 bits per heavy atom. The molecule has 154 valence electrons. The standard InChI is InChI=1S/C22H26FN3O3/c1-24-22(25-11-17-9-19(23)10-18-13-28-14-29-21(17)18)26-8-7-16(12-26)15-3-5-20(27-2)6-4-15/h3-6,9-10,16H,7-8,11-14H2,1-2H3,(H,24,25). The summed E-state index contributed by atoms with van der Waals surface area (Å²) >= 11 is 0. The van der Waals surface area contributed by atoms with Crippen LogP contribution in [-0.2, 0) is 17.9 Å². The van der Waals surface area contributed by atoms with Gasteiger partial charge in [0.2, 0.25) is 0 Å². The number of guanidine groups is 1. The molecule has 1 atom stereocenters. The van der Waals surface area contributed by atoms with Crippen molar-refractivity contribution in [2.24, 2.45) is 4.99 Å². The molecule has 2 heterocycles. The van der Waals surface area contributed by atoms with Gasteiger partial charge in [-0.15, -0.1) is 0 Å². The molecule has 0 aromatic heterocycles. The zero-order valence-corrected chi connectivity index (χ0v) is 16.8. The summed E-state index contributed by atoms with van der Waals surface area (Å²) in [5.74, 6) is 2.54. The maximum Gasteiger partial charge on any atom is 0.193 e. The first-order chi connectivity index (χ1) is 14.2. The summed E-state index contributed by atoms with van der Waals surface area (Å²) in [6.45, 7) is 2.80. The summed E-state index contributed by atoms with van der Waals surface area (Å²) in [6, 6.07) is 11.2. The molecule has 4 rings (SSSR count). The first-order valence-corrected chi connectivity index (χ1v) is 9.79. The van der Waals surface area contributed by atoms with Gasteiger partial charge in [0, 0.05) is 43.7 Å². The van der Waals surface area contributed by atoms with Crippen molar-refractivity contribution in [3.05, 3.63) is 58.9 Å².